The van der Waals surface area contributed by atoms with Gasteiger partial charge in [0.2, 0.25) is 0 Å². The number of carbonyl (C=O) groups is 1. The Balaban J connectivity index is 1.99. The quantitative estimate of drug-likeness (QED) is 0.699. The van der Waals surface area contributed by atoms with Gasteiger partial charge in [-0.05, 0) is 36.8 Å². The van der Waals surface area contributed by atoms with Crippen molar-refractivity contribution in [2.45, 2.75) is 11.8 Å². The second-order valence-electron chi connectivity index (χ2n) is 4.83. The maximum Gasteiger partial charge on any atom is 0.256 e. The van der Waals surface area contributed by atoms with Gasteiger partial charge in [-0.15, -0.1) is 12.6 Å². The third kappa shape index (κ3) is 2.76. The monoisotopic (exact) mass is 294 g/mol. The molecule has 1 amide bonds. The average molecular weight is 294 g/mol. The number of anilines is 1. The molecule has 1 N–H and O–H groups in total. The molecule has 2 aromatic carbocycles. The molecule has 0 atom stereocenters. The fraction of sp³-hybridized carbons (Fsp3) is 0.0588. The fourth-order valence-corrected chi connectivity index (χ4v) is 2.45. The molecule has 0 radical (unpaired) electrons. The molecule has 104 valence electrons. The minimum atomic E-state index is -0.151. The van der Waals surface area contributed by atoms with Gasteiger partial charge in [-0.3, -0.25) is 9.78 Å². The highest BCUT2D eigenvalue weighted by molar-refractivity contribution is 7.80. The lowest BCUT2D eigenvalue weighted by Crippen LogP contribution is -2.13. The number of aryl methyl sites for hydroxylation is 1. The Hall–Kier alpha value is -2.33. The van der Waals surface area contributed by atoms with Crippen molar-refractivity contribution in [3.63, 3.8) is 0 Å². The summed E-state index contributed by atoms with van der Waals surface area (Å²) in [7, 11) is 0. The number of benzene rings is 2. The zero-order chi connectivity index (χ0) is 14.8. The molecule has 1 aromatic heterocycles. The number of rotatable bonds is 2. The number of aromatic nitrogens is 1. The van der Waals surface area contributed by atoms with E-state index in [2.05, 4.69) is 22.9 Å². The third-order valence-electron chi connectivity index (χ3n) is 3.35. The molecule has 1 heterocycles. The molecular weight excluding hydrogens is 280 g/mol. The highest BCUT2D eigenvalue weighted by Crippen LogP contribution is 2.22. The maximum atomic E-state index is 12.5. The van der Waals surface area contributed by atoms with Gasteiger partial charge in [0.05, 0.1) is 11.2 Å². The first-order valence-electron chi connectivity index (χ1n) is 6.60. The number of nitrogens with zero attached hydrogens (tertiary/aromatic N) is 1. The topological polar surface area (TPSA) is 42.0 Å². The summed E-state index contributed by atoms with van der Waals surface area (Å²) in [6.45, 7) is 1.91. The summed E-state index contributed by atoms with van der Waals surface area (Å²) >= 11 is 4.29. The van der Waals surface area contributed by atoms with E-state index in [-0.39, 0.29) is 5.91 Å². The van der Waals surface area contributed by atoms with Crippen LogP contribution in [0, 0.1) is 6.92 Å². The average Bonchev–Trinajstić information content (AvgIpc) is 2.50. The van der Waals surface area contributed by atoms with E-state index in [1.807, 2.05) is 49.4 Å². The number of nitrogens with one attached hydrogen (secondary N) is 1. The summed E-state index contributed by atoms with van der Waals surface area (Å²) in [6.07, 6.45) is 1.72. The van der Waals surface area contributed by atoms with E-state index < -0.39 is 0 Å². The molecule has 0 saturated heterocycles. The van der Waals surface area contributed by atoms with Crippen molar-refractivity contribution in [1.29, 1.82) is 0 Å². The molecule has 4 heteroatoms. The molecule has 0 aliphatic heterocycles. The molecule has 3 rings (SSSR count). The van der Waals surface area contributed by atoms with Crippen LogP contribution in [0.25, 0.3) is 10.9 Å². The van der Waals surface area contributed by atoms with Gasteiger partial charge >= 0.3 is 0 Å². The number of para-hydroxylation sites is 1. The molecule has 0 unspecified atom stereocenters. The summed E-state index contributed by atoms with van der Waals surface area (Å²) in [5.41, 5.74) is 3.03. The van der Waals surface area contributed by atoms with Crippen LogP contribution in [0.1, 0.15) is 15.9 Å². The third-order valence-corrected chi connectivity index (χ3v) is 3.62. The lowest BCUT2D eigenvalue weighted by atomic mass is 10.1. The van der Waals surface area contributed by atoms with Crippen LogP contribution >= 0.6 is 12.6 Å². The first kappa shape index (κ1) is 13.6. The van der Waals surface area contributed by atoms with E-state index >= 15 is 0 Å². The Bertz CT molecular complexity index is 825. The number of hydrogen-bond donors (Lipinski definition) is 2. The van der Waals surface area contributed by atoms with Crippen molar-refractivity contribution in [1.82, 2.24) is 4.98 Å². The smallest absolute Gasteiger partial charge is 0.256 e. The molecular formula is C17H14N2OS. The number of hydrogen-bond acceptors (Lipinski definition) is 3. The minimum absolute atomic E-state index is 0.151. The van der Waals surface area contributed by atoms with E-state index in [1.54, 1.807) is 12.3 Å². The van der Waals surface area contributed by atoms with Crippen LogP contribution < -0.4 is 5.32 Å². The summed E-state index contributed by atoms with van der Waals surface area (Å²) in [4.78, 5) is 17.6. The van der Waals surface area contributed by atoms with Gasteiger partial charge in [-0.1, -0.05) is 24.3 Å². The molecule has 0 aliphatic carbocycles. The number of carbonyl (C=O) groups excluding carboxylic acids is 1. The lowest BCUT2D eigenvalue weighted by molar-refractivity contribution is 0.102. The van der Waals surface area contributed by atoms with Gasteiger partial charge in [0.15, 0.2) is 0 Å². The Kier molecular flexibility index (Phi) is 3.62. The normalized spacial score (nSPS) is 10.6. The largest absolute Gasteiger partial charge is 0.320 e. The maximum absolute atomic E-state index is 12.5. The van der Waals surface area contributed by atoms with Crippen molar-refractivity contribution in [2.75, 3.05) is 5.32 Å². The van der Waals surface area contributed by atoms with Crippen molar-refractivity contribution in [3.05, 3.63) is 65.9 Å². The number of amides is 1. The molecule has 21 heavy (non-hydrogen) atoms. The zero-order valence-corrected chi connectivity index (χ0v) is 12.4. The molecule has 0 bridgehead atoms. The van der Waals surface area contributed by atoms with E-state index in [1.165, 1.54) is 0 Å². The van der Waals surface area contributed by atoms with Crippen LogP contribution in [-0.4, -0.2) is 10.9 Å². The van der Waals surface area contributed by atoms with Gasteiger partial charge in [0.25, 0.3) is 5.91 Å². The predicted octanol–water partition coefficient (Wildman–Crippen LogP) is 4.08. The lowest BCUT2D eigenvalue weighted by Gasteiger charge is -2.10. The Morgan fingerprint density at radius 1 is 1.14 bits per heavy atom. The van der Waals surface area contributed by atoms with Crippen LogP contribution in [0.4, 0.5) is 5.69 Å². The summed E-state index contributed by atoms with van der Waals surface area (Å²) in [6, 6.07) is 15.1. The summed E-state index contributed by atoms with van der Waals surface area (Å²) < 4.78 is 0. The van der Waals surface area contributed by atoms with Crippen molar-refractivity contribution in [3.8, 4) is 0 Å². The van der Waals surface area contributed by atoms with E-state index in [0.29, 0.717) is 11.3 Å². The number of pyridine rings is 1. The Morgan fingerprint density at radius 3 is 2.81 bits per heavy atom. The fourth-order valence-electron chi connectivity index (χ4n) is 2.25. The van der Waals surface area contributed by atoms with Crippen molar-refractivity contribution < 1.29 is 4.79 Å². The first-order valence-corrected chi connectivity index (χ1v) is 7.04. The molecule has 0 aliphatic rings. The van der Waals surface area contributed by atoms with E-state index in [4.69, 9.17) is 0 Å². The SMILES string of the molecule is Cc1ccc(S)cc1C(=O)Nc1cccc2cccnc12. The van der Waals surface area contributed by atoms with Crippen molar-refractivity contribution in [2.24, 2.45) is 0 Å². The summed E-state index contributed by atoms with van der Waals surface area (Å²) in [5, 5.41) is 3.93. The van der Waals surface area contributed by atoms with Crippen LogP contribution in [-0.2, 0) is 0 Å². The second kappa shape index (κ2) is 5.58. The van der Waals surface area contributed by atoms with Crippen LogP contribution in [0.15, 0.2) is 59.6 Å². The van der Waals surface area contributed by atoms with Crippen LogP contribution in [0.3, 0.4) is 0 Å². The molecule has 0 fully saturated rings. The van der Waals surface area contributed by atoms with Crippen LogP contribution in [0.2, 0.25) is 0 Å². The Labute approximate surface area is 128 Å². The second-order valence-corrected chi connectivity index (χ2v) is 5.35. The number of thiol groups is 1. The van der Waals surface area contributed by atoms with Crippen LogP contribution in [0.5, 0.6) is 0 Å². The van der Waals surface area contributed by atoms with Gasteiger partial charge < -0.3 is 5.32 Å². The predicted molar refractivity (Wildman–Crippen MR) is 88.1 cm³/mol. The first-order chi connectivity index (χ1) is 10.1. The van der Waals surface area contributed by atoms with E-state index in [0.717, 1.165) is 21.4 Å². The molecule has 3 aromatic rings. The van der Waals surface area contributed by atoms with E-state index in [9.17, 15) is 4.79 Å². The summed E-state index contributed by atoms with van der Waals surface area (Å²) in [5.74, 6) is -0.151. The molecule has 3 nitrogen and oxygen atoms in total. The van der Waals surface area contributed by atoms with Crippen molar-refractivity contribution >= 4 is 35.1 Å². The minimum Gasteiger partial charge on any atom is -0.320 e. The van der Waals surface area contributed by atoms with Gasteiger partial charge in [-0.25, -0.2) is 0 Å². The number of fused-ring (bicyclic) bond motifs is 1. The standard InChI is InChI=1S/C17H14N2OS/c1-11-7-8-13(21)10-14(11)17(20)19-15-6-2-4-12-5-3-9-18-16(12)15/h2-10,21H,1H3,(H,19,20). The molecule has 0 spiro atoms. The highest BCUT2D eigenvalue weighted by atomic mass is 32.1. The van der Waals surface area contributed by atoms with Gasteiger partial charge in [-0.2, -0.15) is 0 Å². The van der Waals surface area contributed by atoms with Gasteiger partial charge in [0, 0.05) is 22.0 Å². The Morgan fingerprint density at radius 2 is 1.95 bits per heavy atom. The molecule has 0 saturated carbocycles. The zero-order valence-electron chi connectivity index (χ0n) is 11.5. The van der Waals surface area contributed by atoms with Gasteiger partial charge in [0.1, 0.15) is 0 Å². The highest BCUT2D eigenvalue weighted by Gasteiger charge is 2.11.